The summed E-state index contributed by atoms with van der Waals surface area (Å²) in [6, 6.07) is 2.38. The molecule has 6 heteroatoms. The summed E-state index contributed by atoms with van der Waals surface area (Å²) in [4.78, 5) is 4.10. The van der Waals surface area contributed by atoms with E-state index >= 15 is 0 Å². The van der Waals surface area contributed by atoms with Crippen LogP contribution in [-0.4, -0.2) is 43.7 Å². The van der Waals surface area contributed by atoms with Crippen LogP contribution in [0.4, 0.5) is 0 Å². The van der Waals surface area contributed by atoms with Gasteiger partial charge < -0.3 is 5.32 Å². The van der Waals surface area contributed by atoms with Gasteiger partial charge in [0, 0.05) is 42.8 Å². The zero-order chi connectivity index (χ0) is 10.8. The number of rotatable bonds is 2. The highest BCUT2D eigenvalue weighted by Gasteiger charge is 2.16. The summed E-state index contributed by atoms with van der Waals surface area (Å²) in [5.41, 5.74) is 0.869. The number of aromatic nitrogens is 4. The molecular formula is C10H13N5S. The van der Waals surface area contributed by atoms with Crippen LogP contribution in [0.25, 0.3) is 5.65 Å². The first-order valence-corrected chi connectivity index (χ1v) is 6.54. The smallest absolute Gasteiger partial charge is 0.163 e. The monoisotopic (exact) mass is 235 g/mol. The Hall–Kier alpha value is -1.14. The van der Waals surface area contributed by atoms with E-state index in [-0.39, 0.29) is 0 Å². The molecule has 0 bridgehead atoms. The van der Waals surface area contributed by atoms with Gasteiger partial charge in [0.2, 0.25) is 0 Å². The highest BCUT2D eigenvalue weighted by Crippen LogP contribution is 2.12. The first-order valence-electron chi connectivity index (χ1n) is 5.38. The van der Waals surface area contributed by atoms with E-state index in [1.165, 1.54) is 5.75 Å². The first kappa shape index (κ1) is 10.0. The number of hydrogen-bond donors (Lipinski definition) is 1. The Bertz CT molecular complexity index is 477. The third-order valence-corrected chi connectivity index (χ3v) is 3.84. The quantitative estimate of drug-likeness (QED) is 0.815. The number of hydrogen-bond acceptors (Lipinski definition) is 5. The van der Waals surface area contributed by atoms with Gasteiger partial charge in [0.25, 0.3) is 0 Å². The molecule has 0 spiro atoms. The Morgan fingerprint density at radius 1 is 1.50 bits per heavy atom. The van der Waals surface area contributed by atoms with Gasteiger partial charge in [-0.3, -0.25) is 4.40 Å². The first-order chi connectivity index (χ1) is 7.93. The van der Waals surface area contributed by atoms with Gasteiger partial charge in [-0.05, 0) is 0 Å². The lowest BCUT2D eigenvalue weighted by Gasteiger charge is -2.22. The molecule has 1 atom stereocenters. The van der Waals surface area contributed by atoms with Crippen LogP contribution in [0.5, 0.6) is 0 Å². The van der Waals surface area contributed by atoms with Crippen LogP contribution in [0.3, 0.4) is 0 Å². The van der Waals surface area contributed by atoms with Crippen molar-refractivity contribution in [1.82, 2.24) is 24.9 Å². The van der Waals surface area contributed by atoms with E-state index in [4.69, 9.17) is 0 Å². The van der Waals surface area contributed by atoms with Crippen molar-refractivity contribution >= 4 is 17.4 Å². The van der Waals surface area contributed by atoms with Crippen LogP contribution in [0.1, 0.15) is 5.82 Å². The molecule has 0 saturated carbocycles. The Morgan fingerprint density at radius 2 is 2.50 bits per heavy atom. The Kier molecular flexibility index (Phi) is 2.75. The molecule has 16 heavy (non-hydrogen) atoms. The minimum absolute atomic E-state index is 0.506. The lowest BCUT2D eigenvalue weighted by atomic mass is 10.2. The predicted octanol–water partition coefficient (Wildman–Crippen LogP) is 0.372. The maximum absolute atomic E-state index is 4.21. The van der Waals surface area contributed by atoms with Gasteiger partial charge in [-0.2, -0.15) is 11.8 Å². The number of nitrogens with one attached hydrogen (secondary N) is 1. The minimum atomic E-state index is 0.506. The summed E-state index contributed by atoms with van der Waals surface area (Å²) in [5, 5.41) is 11.8. The van der Waals surface area contributed by atoms with Crippen LogP contribution >= 0.6 is 11.8 Å². The maximum atomic E-state index is 4.21. The van der Waals surface area contributed by atoms with Crippen LogP contribution in [0.2, 0.25) is 0 Å². The highest BCUT2D eigenvalue weighted by atomic mass is 32.2. The fraction of sp³-hybridized carbons (Fsp3) is 0.500. The summed E-state index contributed by atoms with van der Waals surface area (Å²) in [7, 11) is 0. The molecule has 0 radical (unpaired) electrons. The minimum Gasteiger partial charge on any atom is -0.312 e. The molecule has 1 N–H and O–H groups in total. The Labute approximate surface area is 97.7 Å². The van der Waals surface area contributed by atoms with E-state index in [2.05, 4.69) is 20.5 Å². The summed E-state index contributed by atoms with van der Waals surface area (Å²) < 4.78 is 1.96. The largest absolute Gasteiger partial charge is 0.312 e. The average Bonchev–Trinajstić information content (AvgIpc) is 2.74. The average molecular weight is 235 g/mol. The second kappa shape index (κ2) is 4.39. The molecule has 3 heterocycles. The van der Waals surface area contributed by atoms with Crippen LogP contribution < -0.4 is 5.32 Å². The third kappa shape index (κ3) is 1.90. The molecule has 3 rings (SSSR count). The molecule has 2 aromatic heterocycles. The highest BCUT2D eigenvalue weighted by molar-refractivity contribution is 7.99. The Morgan fingerprint density at radius 3 is 3.38 bits per heavy atom. The van der Waals surface area contributed by atoms with E-state index in [0.29, 0.717) is 6.04 Å². The molecular weight excluding hydrogens is 222 g/mol. The van der Waals surface area contributed by atoms with Crippen molar-refractivity contribution in [2.75, 3.05) is 18.1 Å². The summed E-state index contributed by atoms with van der Waals surface area (Å²) >= 11 is 1.99. The molecule has 0 aromatic carbocycles. The standard InChI is InChI=1S/C10H13N5S/c1-2-11-7-15-9(1)13-14-10(15)5-8-6-16-4-3-12-8/h1-2,7-8,12H,3-6H2. The van der Waals surface area contributed by atoms with Crippen molar-refractivity contribution in [3.05, 3.63) is 24.4 Å². The lowest BCUT2D eigenvalue weighted by molar-refractivity contribution is 0.547. The molecule has 1 fully saturated rings. The molecule has 84 valence electrons. The van der Waals surface area contributed by atoms with Crippen molar-refractivity contribution in [2.45, 2.75) is 12.5 Å². The number of thioether (sulfide) groups is 1. The zero-order valence-corrected chi connectivity index (χ0v) is 9.65. The third-order valence-electron chi connectivity index (χ3n) is 2.71. The van der Waals surface area contributed by atoms with Gasteiger partial charge in [0.05, 0.1) is 0 Å². The molecule has 5 nitrogen and oxygen atoms in total. The summed E-state index contributed by atoms with van der Waals surface area (Å²) in [6.07, 6.45) is 4.43. The topological polar surface area (TPSA) is 55.1 Å². The molecule has 1 saturated heterocycles. The van der Waals surface area contributed by atoms with Crippen LogP contribution in [0.15, 0.2) is 18.6 Å². The van der Waals surface area contributed by atoms with Crippen molar-refractivity contribution in [1.29, 1.82) is 0 Å². The normalized spacial score (nSPS) is 21.4. The predicted molar refractivity (Wildman–Crippen MR) is 63.6 cm³/mol. The van der Waals surface area contributed by atoms with E-state index in [0.717, 1.165) is 30.2 Å². The Balaban J connectivity index is 1.83. The molecule has 0 amide bonds. The molecule has 1 unspecified atom stereocenters. The van der Waals surface area contributed by atoms with E-state index < -0.39 is 0 Å². The zero-order valence-electron chi connectivity index (χ0n) is 8.83. The van der Waals surface area contributed by atoms with Crippen LogP contribution in [0, 0.1) is 0 Å². The fourth-order valence-corrected chi connectivity index (χ4v) is 2.85. The summed E-state index contributed by atoms with van der Waals surface area (Å²) in [5.74, 6) is 3.34. The van der Waals surface area contributed by atoms with Crippen molar-refractivity contribution in [3.8, 4) is 0 Å². The molecule has 1 aliphatic rings. The SMILES string of the molecule is c1cc2nnc(CC3CSCCN3)n2cn1. The van der Waals surface area contributed by atoms with E-state index in [1.54, 1.807) is 12.5 Å². The second-order valence-corrected chi connectivity index (χ2v) is 5.00. The van der Waals surface area contributed by atoms with E-state index in [1.807, 2.05) is 22.2 Å². The maximum Gasteiger partial charge on any atom is 0.163 e. The fourth-order valence-electron chi connectivity index (χ4n) is 1.90. The van der Waals surface area contributed by atoms with Gasteiger partial charge in [0.1, 0.15) is 12.2 Å². The number of nitrogens with zero attached hydrogens (tertiary/aromatic N) is 4. The molecule has 2 aromatic rings. The van der Waals surface area contributed by atoms with Crippen molar-refractivity contribution in [3.63, 3.8) is 0 Å². The second-order valence-electron chi connectivity index (χ2n) is 3.85. The van der Waals surface area contributed by atoms with E-state index in [9.17, 15) is 0 Å². The number of fused-ring (bicyclic) bond motifs is 1. The van der Waals surface area contributed by atoms with Gasteiger partial charge in [-0.1, -0.05) is 0 Å². The van der Waals surface area contributed by atoms with Gasteiger partial charge >= 0.3 is 0 Å². The summed E-state index contributed by atoms with van der Waals surface area (Å²) in [6.45, 7) is 1.09. The van der Waals surface area contributed by atoms with Crippen molar-refractivity contribution < 1.29 is 0 Å². The van der Waals surface area contributed by atoms with Gasteiger partial charge in [-0.15, -0.1) is 10.2 Å². The lowest BCUT2D eigenvalue weighted by Crippen LogP contribution is -2.39. The molecule has 0 aliphatic carbocycles. The molecule has 1 aliphatic heterocycles. The van der Waals surface area contributed by atoms with Gasteiger partial charge in [0.15, 0.2) is 5.65 Å². The van der Waals surface area contributed by atoms with Crippen molar-refractivity contribution in [2.24, 2.45) is 0 Å². The van der Waals surface area contributed by atoms with Crippen LogP contribution in [-0.2, 0) is 6.42 Å². The van der Waals surface area contributed by atoms with Gasteiger partial charge in [-0.25, -0.2) is 4.98 Å².